The number of halogens is 1. The highest BCUT2D eigenvalue weighted by molar-refractivity contribution is 7.89. The molecule has 0 aliphatic carbocycles. The second-order valence-corrected chi connectivity index (χ2v) is 9.20. The lowest BCUT2D eigenvalue weighted by molar-refractivity contribution is 0.0963. The zero-order valence-corrected chi connectivity index (χ0v) is 18.2. The number of nitrogens with zero attached hydrogens (tertiary/aromatic N) is 2. The number of benzene rings is 2. The molecule has 3 aromatic rings. The Morgan fingerprint density at radius 1 is 1.06 bits per heavy atom. The second kappa shape index (κ2) is 8.28. The van der Waals surface area contributed by atoms with E-state index in [0.717, 1.165) is 5.56 Å². The summed E-state index contributed by atoms with van der Waals surface area (Å²) in [6.45, 7) is 4.84. The summed E-state index contributed by atoms with van der Waals surface area (Å²) in [6.07, 6.45) is 0.564. The monoisotopic (exact) mass is 442 g/mol. The van der Waals surface area contributed by atoms with Gasteiger partial charge in [-0.1, -0.05) is 13.8 Å². The Kier molecular flexibility index (Phi) is 5.68. The average Bonchev–Trinajstić information content (AvgIpc) is 3.41. The molecule has 0 bridgehead atoms. The van der Waals surface area contributed by atoms with Crippen molar-refractivity contribution in [3.8, 4) is 11.3 Å². The Bertz CT molecular complexity index is 1210. The SMILES string of the molecule is CCN(CC)S(=O)(=O)c1ccc2c(c1)CCN2C(=O)c1ccc(-c2ccc(F)cc2)o1. The van der Waals surface area contributed by atoms with Crippen molar-refractivity contribution in [1.29, 1.82) is 0 Å². The van der Waals surface area contributed by atoms with Crippen LogP contribution in [0.4, 0.5) is 10.1 Å². The molecule has 162 valence electrons. The highest BCUT2D eigenvalue weighted by Crippen LogP contribution is 2.33. The van der Waals surface area contributed by atoms with Gasteiger partial charge in [-0.15, -0.1) is 0 Å². The fraction of sp³-hybridized carbons (Fsp3) is 0.261. The van der Waals surface area contributed by atoms with Crippen LogP contribution >= 0.6 is 0 Å². The highest BCUT2D eigenvalue weighted by atomic mass is 32.2. The Labute approximate surface area is 180 Å². The molecule has 0 saturated carbocycles. The van der Waals surface area contributed by atoms with Gasteiger partial charge in [-0.3, -0.25) is 4.79 Å². The van der Waals surface area contributed by atoms with Crippen LogP contribution < -0.4 is 4.90 Å². The lowest BCUT2D eigenvalue weighted by Crippen LogP contribution is -2.30. The van der Waals surface area contributed by atoms with Crippen molar-refractivity contribution < 1.29 is 22.0 Å². The van der Waals surface area contributed by atoms with E-state index in [1.54, 1.807) is 61.2 Å². The van der Waals surface area contributed by atoms with Crippen LogP contribution in [-0.4, -0.2) is 38.3 Å². The van der Waals surface area contributed by atoms with Gasteiger partial charge in [0.2, 0.25) is 10.0 Å². The van der Waals surface area contributed by atoms with Gasteiger partial charge in [0, 0.05) is 30.9 Å². The van der Waals surface area contributed by atoms with Crippen LogP contribution in [0, 0.1) is 5.82 Å². The Balaban J connectivity index is 1.59. The van der Waals surface area contributed by atoms with E-state index in [4.69, 9.17) is 4.42 Å². The third-order valence-electron chi connectivity index (χ3n) is 5.48. The van der Waals surface area contributed by atoms with Crippen molar-refractivity contribution in [2.24, 2.45) is 0 Å². The summed E-state index contributed by atoms with van der Waals surface area (Å²) >= 11 is 0. The number of sulfonamides is 1. The molecule has 2 heterocycles. The van der Waals surface area contributed by atoms with Gasteiger partial charge in [-0.05, 0) is 66.6 Å². The fourth-order valence-electron chi connectivity index (χ4n) is 3.82. The largest absolute Gasteiger partial charge is 0.451 e. The van der Waals surface area contributed by atoms with Crippen LogP contribution in [0.1, 0.15) is 30.0 Å². The summed E-state index contributed by atoms with van der Waals surface area (Å²) in [4.78, 5) is 14.9. The first-order valence-electron chi connectivity index (χ1n) is 10.2. The molecule has 0 fully saturated rings. The molecule has 0 saturated heterocycles. The fourth-order valence-corrected chi connectivity index (χ4v) is 5.33. The normalized spacial score (nSPS) is 13.6. The van der Waals surface area contributed by atoms with Gasteiger partial charge in [0.15, 0.2) is 5.76 Å². The maximum Gasteiger partial charge on any atom is 0.294 e. The van der Waals surface area contributed by atoms with Crippen molar-refractivity contribution in [1.82, 2.24) is 4.31 Å². The number of rotatable bonds is 6. The Hall–Kier alpha value is -2.97. The molecule has 1 aromatic heterocycles. The summed E-state index contributed by atoms with van der Waals surface area (Å²) in [7, 11) is -3.56. The van der Waals surface area contributed by atoms with Gasteiger partial charge in [-0.2, -0.15) is 4.31 Å². The first-order valence-corrected chi connectivity index (χ1v) is 11.6. The molecular weight excluding hydrogens is 419 g/mol. The van der Waals surface area contributed by atoms with E-state index in [1.165, 1.54) is 16.4 Å². The molecule has 0 spiro atoms. The minimum atomic E-state index is -3.56. The maximum absolute atomic E-state index is 13.1. The molecular formula is C23H23FN2O4S. The molecule has 8 heteroatoms. The lowest BCUT2D eigenvalue weighted by atomic mass is 10.2. The van der Waals surface area contributed by atoms with E-state index in [1.807, 2.05) is 0 Å². The number of carbonyl (C=O) groups is 1. The Morgan fingerprint density at radius 2 is 1.77 bits per heavy atom. The van der Waals surface area contributed by atoms with E-state index in [0.29, 0.717) is 43.1 Å². The number of carbonyl (C=O) groups excluding carboxylic acids is 1. The van der Waals surface area contributed by atoms with Crippen LogP contribution in [0.2, 0.25) is 0 Å². The van der Waals surface area contributed by atoms with E-state index < -0.39 is 10.0 Å². The predicted molar refractivity (Wildman–Crippen MR) is 116 cm³/mol. The van der Waals surface area contributed by atoms with Gasteiger partial charge >= 0.3 is 0 Å². The molecule has 0 unspecified atom stereocenters. The molecule has 0 atom stereocenters. The zero-order chi connectivity index (χ0) is 22.2. The van der Waals surface area contributed by atoms with Crippen LogP contribution in [0.15, 0.2) is 63.9 Å². The average molecular weight is 443 g/mol. The van der Waals surface area contributed by atoms with Crippen LogP contribution in [0.3, 0.4) is 0 Å². The molecule has 1 amide bonds. The second-order valence-electron chi connectivity index (χ2n) is 7.26. The lowest BCUT2D eigenvalue weighted by Gasteiger charge is -2.20. The number of amides is 1. The molecule has 2 aromatic carbocycles. The quantitative estimate of drug-likeness (QED) is 0.570. The zero-order valence-electron chi connectivity index (χ0n) is 17.3. The van der Waals surface area contributed by atoms with Crippen LogP contribution in [-0.2, 0) is 16.4 Å². The summed E-state index contributed by atoms with van der Waals surface area (Å²) < 4.78 is 45.9. The van der Waals surface area contributed by atoms with E-state index in [-0.39, 0.29) is 22.4 Å². The number of hydrogen-bond acceptors (Lipinski definition) is 4. The first kappa shape index (κ1) is 21.3. The minimum absolute atomic E-state index is 0.173. The number of furan rings is 1. The summed E-state index contributed by atoms with van der Waals surface area (Å²) in [5, 5.41) is 0. The van der Waals surface area contributed by atoms with Crippen LogP contribution in [0.5, 0.6) is 0 Å². The van der Waals surface area contributed by atoms with Crippen molar-refractivity contribution in [3.63, 3.8) is 0 Å². The highest BCUT2D eigenvalue weighted by Gasteiger charge is 2.30. The number of hydrogen-bond donors (Lipinski definition) is 0. The maximum atomic E-state index is 13.1. The standard InChI is InChI=1S/C23H23FN2O4S/c1-3-25(4-2)31(28,29)19-9-10-20-17(15-19)13-14-26(20)23(27)22-12-11-21(30-22)16-5-7-18(24)8-6-16/h5-12,15H,3-4,13-14H2,1-2H3. The third-order valence-corrected chi connectivity index (χ3v) is 7.53. The van der Waals surface area contributed by atoms with Crippen molar-refractivity contribution in [2.75, 3.05) is 24.5 Å². The van der Waals surface area contributed by atoms with Gasteiger partial charge < -0.3 is 9.32 Å². The minimum Gasteiger partial charge on any atom is -0.451 e. The number of anilines is 1. The summed E-state index contributed by atoms with van der Waals surface area (Å²) in [6, 6.07) is 14.0. The molecule has 31 heavy (non-hydrogen) atoms. The first-order chi connectivity index (χ1) is 14.8. The summed E-state index contributed by atoms with van der Waals surface area (Å²) in [5.41, 5.74) is 2.17. The van der Waals surface area contributed by atoms with Gasteiger partial charge in [0.25, 0.3) is 5.91 Å². The molecule has 4 rings (SSSR count). The summed E-state index contributed by atoms with van der Waals surface area (Å²) in [5.74, 6) is 0.00423. The van der Waals surface area contributed by atoms with E-state index >= 15 is 0 Å². The smallest absolute Gasteiger partial charge is 0.294 e. The molecule has 1 aliphatic heterocycles. The van der Waals surface area contributed by atoms with E-state index in [9.17, 15) is 17.6 Å². The van der Waals surface area contributed by atoms with Crippen molar-refractivity contribution >= 4 is 21.6 Å². The molecule has 0 radical (unpaired) electrons. The molecule has 1 aliphatic rings. The van der Waals surface area contributed by atoms with Crippen molar-refractivity contribution in [2.45, 2.75) is 25.2 Å². The predicted octanol–water partition coefficient (Wildman–Crippen LogP) is 4.32. The van der Waals surface area contributed by atoms with E-state index in [2.05, 4.69) is 0 Å². The third kappa shape index (κ3) is 3.88. The van der Waals surface area contributed by atoms with Gasteiger partial charge in [-0.25, -0.2) is 12.8 Å². The van der Waals surface area contributed by atoms with Gasteiger partial charge in [0.1, 0.15) is 11.6 Å². The Morgan fingerprint density at radius 3 is 2.45 bits per heavy atom. The number of fused-ring (bicyclic) bond motifs is 1. The van der Waals surface area contributed by atoms with Crippen molar-refractivity contribution in [3.05, 3.63) is 71.7 Å². The topological polar surface area (TPSA) is 70.8 Å². The van der Waals surface area contributed by atoms with Crippen LogP contribution in [0.25, 0.3) is 11.3 Å². The molecule has 0 N–H and O–H groups in total. The molecule has 6 nitrogen and oxygen atoms in total. The van der Waals surface area contributed by atoms with Gasteiger partial charge in [0.05, 0.1) is 4.90 Å².